The number of hydrogen-bond donors (Lipinski definition) is 0. The van der Waals surface area contributed by atoms with Gasteiger partial charge in [-0.15, -0.1) is 0 Å². The average molecular weight is 679 g/mol. The first-order valence-electron chi connectivity index (χ1n) is 18.3. The lowest BCUT2D eigenvalue weighted by Crippen LogP contribution is -2.14. The molecule has 3 heterocycles. The van der Waals surface area contributed by atoms with Gasteiger partial charge in [0.25, 0.3) is 0 Å². The van der Waals surface area contributed by atoms with Crippen molar-refractivity contribution in [2.75, 3.05) is 0 Å². The lowest BCUT2D eigenvalue weighted by Gasteiger charge is -2.22. The molecule has 0 spiro atoms. The Labute approximate surface area is 307 Å². The molecule has 4 nitrogen and oxygen atoms in total. The Morgan fingerprint density at radius 3 is 2.08 bits per heavy atom. The summed E-state index contributed by atoms with van der Waals surface area (Å²) < 4.78 is 4.53. The van der Waals surface area contributed by atoms with Gasteiger partial charge in [-0.25, -0.2) is 9.97 Å². The lowest BCUT2D eigenvalue weighted by molar-refractivity contribution is 0.660. The first-order valence-corrected chi connectivity index (χ1v) is 18.3. The summed E-state index contributed by atoms with van der Waals surface area (Å²) in [6, 6.07) is 58.8. The van der Waals surface area contributed by atoms with Crippen molar-refractivity contribution >= 4 is 43.6 Å². The second-order valence-corrected chi connectivity index (χ2v) is 14.7. The third kappa shape index (κ3) is 4.36. The molecule has 0 saturated carbocycles. The minimum atomic E-state index is -0.0403. The largest absolute Gasteiger partial charge is 0.316 e. The van der Waals surface area contributed by atoms with Crippen LogP contribution in [0.4, 0.5) is 0 Å². The molecule has 0 fully saturated rings. The molecule has 3 aromatic heterocycles. The van der Waals surface area contributed by atoms with Gasteiger partial charge in [0.05, 0.1) is 27.8 Å². The van der Waals surface area contributed by atoms with E-state index in [4.69, 9.17) is 9.97 Å². The molecule has 1 aliphatic carbocycles. The van der Waals surface area contributed by atoms with Gasteiger partial charge in [-0.1, -0.05) is 135 Å². The van der Waals surface area contributed by atoms with Gasteiger partial charge in [-0.05, 0) is 75.8 Å². The van der Waals surface area contributed by atoms with Gasteiger partial charge in [-0.3, -0.25) is 4.57 Å². The lowest BCUT2D eigenvalue weighted by atomic mass is 9.81. The van der Waals surface area contributed by atoms with E-state index >= 15 is 0 Å². The predicted molar refractivity (Wildman–Crippen MR) is 219 cm³/mol. The highest BCUT2D eigenvalue weighted by Gasteiger charge is 2.35. The van der Waals surface area contributed by atoms with Gasteiger partial charge in [0.1, 0.15) is 0 Å². The highest BCUT2D eigenvalue weighted by atomic mass is 15.2. The van der Waals surface area contributed by atoms with Crippen molar-refractivity contribution in [3.05, 3.63) is 181 Å². The summed E-state index contributed by atoms with van der Waals surface area (Å²) in [5.74, 6) is 0.659. The zero-order chi connectivity index (χ0) is 35.3. The van der Waals surface area contributed by atoms with Gasteiger partial charge in [0, 0.05) is 44.4 Å². The Hall–Kier alpha value is -6.78. The smallest absolute Gasteiger partial charge is 0.235 e. The van der Waals surface area contributed by atoms with E-state index in [9.17, 15) is 0 Å². The highest BCUT2D eigenvalue weighted by molar-refractivity contribution is 6.20. The summed E-state index contributed by atoms with van der Waals surface area (Å²) in [7, 11) is 0. The second kappa shape index (κ2) is 11.1. The molecule has 53 heavy (non-hydrogen) atoms. The fourth-order valence-electron chi connectivity index (χ4n) is 8.79. The zero-order valence-electron chi connectivity index (χ0n) is 29.5. The fourth-order valence-corrected chi connectivity index (χ4v) is 8.79. The number of aromatic nitrogens is 4. The standard InChI is InChI=1S/C49H34N4/c1-49(2)40-17-9-6-14-36(40)37-26-24-34(30-41(37)49)31-20-22-32(23-21-31)46-38-15-7-10-18-42(38)50-48(51-46)53-43-19-11-8-16-39(43)45-44(53)27-25-33-28-29-52(47(33)45)35-12-4-3-5-13-35/h3-30H,1-2H3. The highest BCUT2D eigenvalue weighted by Crippen LogP contribution is 2.49. The summed E-state index contributed by atoms with van der Waals surface area (Å²) in [5, 5.41) is 4.59. The molecule has 10 aromatic rings. The molecule has 4 heteroatoms. The van der Waals surface area contributed by atoms with Crippen LogP contribution in [0.15, 0.2) is 170 Å². The number of nitrogens with zero attached hydrogens (tertiary/aromatic N) is 4. The molecule has 0 amide bonds. The molecule has 0 atom stereocenters. The topological polar surface area (TPSA) is 35.6 Å². The van der Waals surface area contributed by atoms with Crippen LogP contribution in [0.25, 0.3) is 88.8 Å². The van der Waals surface area contributed by atoms with E-state index in [1.54, 1.807) is 0 Å². The number of hydrogen-bond acceptors (Lipinski definition) is 2. The van der Waals surface area contributed by atoms with E-state index in [2.05, 4.69) is 193 Å². The Bertz CT molecular complexity index is 3070. The number of rotatable bonds is 4. The summed E-state index contributed by atoms with van der Waals surface area (Å²) >= 11 is 0. The van der Waals surface area contributed by atoms with Crippen LogP contribution in [0.3, 0.4) is 0 Å². The molecule has 0 N–H and O–H groups in total. The first kappa shape index (κ1) is 29.9. The van der Waals surface area contributed by atoms with Crippen molar-refractivity contribution < 1.29 is 0 Å². The van der Waals surface area contributed by atoms with Crippen LogP contribution in [0.5, 0.6) is 0 Å². The molecule has 0 aliphatic heterocycles. The fraction of sp³-hybridized carbons (Fsp3) is 0.0612. The summed E-state index contributed by atoms with van der Waals surface area (Å²) in [6.45, 7) is 4.67. The van der Waals surface area contributed by atoms with Crippen molar-refractivity contribution in [3.63, 3.8) is 0 Å². The number of para-hydroxylation sites is 3. The number of fused-ring (bicyclic) bond motifs is 9. The number of benzene rings is 7. The van der Waals surface area contributed by atoms with E-state index in [-0.39, 0.29) is 5.41 Å². The quantitative estimate of drug-likeness (QED) is 0.186. The zero-order valence-corrected chi connectivity index (χ0v) is 29.5. The third-order valence-corrected chi connectivity index (χ3v) is 11.4. The Kier molecular flexibility index (Phi) is 6.27. The summed E-state index contributed by atoms with van der Waals surface area (Å²) in [4.78, 5) is 10.6. The van der Waals surface area contributed by atoms with Crippen LogP contribution in [0.1, 0.15) is 25.0 Å². The van der Waals surface area contributed by atoms with Gasteiger partial charge in [0.2, 0.25) is 5.95 Å². The third-order valence-electron chi connectivity index (χ3n) is 11.4. The Balaban J connectivity index is 1.07. The van der Waals surface area contributed by atoms with Crippen LogP contribution in [-0.4, -0.2) is 19.1 Å². The second-order valence-electron chi connectivity index (χ2n) is 14.7. The molecule has 0 radical (unpaired) electrons. The van der Waals surface area contributed by atoms with E-state index in [1.165, 1.54) is 55.1 Å². The van der Waals surface area contributed by atoms with Gasteiger partial charge in [-0.2, -0.15) is 0 Å². The van der Waals surface area contributed by atoms with Gasteiger partial charge >= 0.3 is 0 Å². The minimum absolute atomic E-state index is 0.0403. The molecule has 0 bridgehead atoms. The van der Waals surface area contributed by atoms with Gasteiger partial charge in [0.15, 0.2) is 0 Å². The molecule has 250 valence electrons. The van der Waals surface area contributed by atoms with Crippen molar-refractivity contribution in [1.82, 2.24) is 19.1 Å². The monoisotopic (exact) mass is 678 g/mol. The predicted octanol–water partition coefficient (Wildman–Crippen LogP) is 12.3. The molecule has 7 aromatic carbocycles. The van der Waals surface area contributed by atoms with E-state index in [1.807, 2.05) is 0 Å². The van der Waals surface area contributed by atoms with Crippen LogP contribution < -0.4 is 0 Å². The van der Waals surface area contributed by atoms with E-state index < -0.39 is 0 Å². The summed E-state index contributed by atoms with van der Waals surface area (Å²) in [6.07, 6.45) is 2.17. The molecular formula is C49H34N4. The minimum Gasteiger partial charge on any atom is -0.316 e. The van der Waals surface area contributed by atoms with Crippen LogP contribution in [-0.2, 0) is 5.41 Å². The van der Waals surface area contributed by atoms with Crippen LogP contribution in [0.2, 0.25) is 0 Å². The maximum absolute atomic E-state index is 5.40. The van der Waals surface area contributed by atoms with E-state index in [0.717, 1.165) is 38.9 Å². The average Bonchev–Trinajstić information content (AvgIpc) is 3.86. The van der Waals surface area contributed by atoms with Crippen molar-refractivity contribution in [1.29, 1.82) is 0 Å². The van der Waals surface area contributed by atoms with Crippen molar-refractivity contribution in [2.45, 2.75) is 19.3 Å². The van der Waals surface area contributed by atoms with Gasteiger partial charge < -0.3 is 4.57 Å². The first-order chi connectivity index (χ1) is 26.0. The Morgan fingerprint density at radius 1 is 0.509 bits per heavy atom. The van der Waals surface area contributed by atoms with E-state index in [0.29, 0.717) is 5.95 Å². The van der Waals surface area contributed by atoms with Crippen LogP contribution in [0, 0.1) is 0 Å². The van der Waals surface area contributed by atoms with Crippen molar-refractivity contribution in [3.8, 4) is 45.1 Å². The maximum Gasteiger partial charge on any atom is 0.235 e. The molecule has 0 saturated heterocycles. The molecule has 11 rings (SSSR count). The molecule has 1 aliphatic rings. The molecule has 0 unspecified atom stereocenters. The Morgan fingerprint density at radius 2 is 1.21 bits per heavy atom. The van der Waals surface area contributed by atoms with Crippen LogP contribution >= 0.6 is 0 Å². The SMILES string of the molecule is CC1(C)c2ccccc2-c2ccc(-c3ccc(-c4nc(-n5c6ccccc6c6c7c(ccc65)ccn7-c5ccccc5)nc5ccccc45)cc3)cc21. The summed E-state index contributed by atoms with van der Waals surface area (Å²) in [5.41, 5.74) is 15.2. The van der Waals surface area contributed by atoms with Crippen molar-refractivity contribution in [2.24, 2.45) is 0 Å². The molecular weight excluding hydrogens is 645 g/mol. The normalized spacial score (nSPS) is 13.2. The maximum atomic E-state index is 5.40.